The molecule has 26 heteroatoms. The summed E-state index contributed by atoms with van der Waals surface area (Å²) in [6.45, 7) is 2.12. The summed E-state index contributed by atoms with van der Waals surface area (Å²) in [4.78, 5) is 118. The predicted molar refractivity (Wildman–Crippen MR) is 227 cm³/mol. The molecule has 7 rings (SSSR count). The number of carbonyl (C=O) groups excluding carboxylic acids is 3. The van der Waals surface area contributed by atoms with E-state index in [2.05, 4.69) is 22.2 Å². The van der Waals surface area contributed by atoms with Crippen molar-refractivity contribution in [3.8, 4) is 11.4 Å². The second kappa shape index (κ2) is 18.5. The van der Waals surface area contributed by atoms with Crippen LogP contribution in [0.3, 0.4) is 0 Å². The van der Waals surface area contributed by atoms with Crippen molar-refractivity contribution in [3.05, 3.63) is 165 Å². The van der Waals surface area contributed by atoms with Crippen LogP contribution in [0.2, 0.25) is 0 Å². The first-order valence-corrected chi connectivity index (χ1v) is 17.9. The third-order valence-electron chi connectivity index (χ3n) is 9.31. The van der Waals surface area contributed by atoms with E-state index >= 15 is 0 Å². The Bertz CT molecular complexity index is 3130. The maximum atomic E-state index is 12.6. The van der Waals surface area contributed by atoms with Gasteiger partial charge in [-0.25, -0.2) is 0 Å². The van der Waals surface area contributed by atoms with Gasteiger partial charge in [0.15, 0.2) is 0 Å². The summed E-state index contributed by atoms with van der Waals surface area (Å²) in [7, 11) is 0. The molecule has 0 fully saturated rings. The lowest BCUT2D eigenvalue weighted by Crippen LogP contribution is -2.41. The van der Waals surface area contributed by atoms with E-state index in [0.717, 1.165) is 17.0 Å². The van der Waals surface area contributed by atoms with E-state index in [-0.39, 0.29) is 76.0 Å². The lowest BCUT2D eigenvalue weighted by Gasteiger charge is -2.30. The fourth-order valence-electron chi connectivity index (χ4n) is 6.36. The Morgan fingerprint density at radius 1 is 0.754 bits per heavy atom. The number of carboxylic acid groups (broad SMARTS) is 2. The average molecular weight is 896 g/mol. The number of hydrogen-bond acceptors (Lipinski definition) is 14. The summed E-state index contributed by atoms with van der Waals surface area (Å²) in [5.41, 5.74) is 2.87. The minimum Gasteiger partial charge on any atom is -0.480 e. The Kier molecular flexibility index (Phi) is 13.2. The molecule has 3 aromatic carbocycles. The third kappa shape index (κ3) is 9.75. The van der Waals surface area contributed by atoms with Crippen molar-refractivity contribution in [1.82, 2.24) is 24.0 Å². The van der Waals surface area contributed by atoms with E-state index in [1.807, 2.05) is 0 Å². The number of nitro groups is 3. The van der Waals surface area contributed by atoms with Crippen LogP contribution in [0.1, 0.15) is 33.7 Å². The van der Waals surface area contributed by atoms with Gasteiger partial charge in [-0.1, -0.05) is 26.1 Å². The number of nitro benzene ring substituents is 3. The standard InChI is InChI=1S/C23H18N6O8.C15H11N5O7.CH4/c1-13-23(33)27(12-21(30)31)18-9-19(20(29(36)37)8-17(18)25-13)26-7-6-15(11-26)22(32)24-10-14-2-4-16(5-3-14)28(34)35;16-13(23)7-1-2-18(5-7)10-4-9-8(3-11(10)20(26)27)17-14(24)15(25)19(9)6-12(21)22;/h2-9,11,25H,1,10,12H2,(H,24,32)(H,30,31);1-5H,6H2,(H2,16,23)(H,17,24)(H,21,22);1H4. The highest BCUT2D eigenvalue weighted by molar-refractivity contribution is 6.14. The van der Waals surface area contributed by atoms with Crippen molar-refractivity contribution < 1.29 is 49.0 Å². The molecule has 4 heterocycles. The molecule has 0 atom stereocenters. The lowest BCUT2D eigenvalue weighted by atomic mass is 10.1. The number of carboxylic acids is 2. The van der Waals surface area contributed by atoms with Crippen LogP contribution in [0.15, 0.2) is 107 Å². The molecule has 0 saturated heterocycles. The summed E-state index contributed by atoms with van der Waals surface area (Å²) in [5, 5.41) is 57.5. The number of fused-ring (bicyclic) bond motifs is 2. The van der Waals surface area contributed by atoms with Gasteiger partial charge in [0.2, 0.25) is 5.91 Å². The molecule has 0 spiro atoms. The van der Waals surface area contributed by atoms with Gasteiger partial charge in [0.05, 0.1) is 54.0 Å². The summed E-state index contributed by atoms with van der Waals surface area (Å²) < 4.78 is 3.24. The first kappa shape index (κ1) is 46.3. The van der Waals surface area contributed by atoms with Crippen molar-refractivity contribution in [3.63, 3.8) is 0 Å². The minimum atomic E-state index is -1.37. The number of aromatic nitrogens is 4. The van der Waals surface area contributed by atoms with Crippen molar-refractivity contribution in [2.75, 3.05) is 16.8 Å². The van der Waals surface area contributed by atoms with Crippen LogP contribution >= 0.6 is 0 Å². The zero-order chi connectivity index (χ0) is 46.7. The van der Waals surface area contributed by atoms with Gasteiger partial charge in [-0.3, -0.25) is 73.4 Å². The van der Waals surface area contributed by atoms with Gasteiger partial charge in [0.25, 0.3) is 28.9 Å². The maximum absolute atomic E-state index is 12.6. The number of rotatable bonds is 13. The Morgan fingerprint density at radius 3 is 1.88 bits per heavy atom. The fraction of sp³-hybridized carbons (Fsp3) is 0.103. The number of hydrogen-bond donors (Lipinski definition) is 6. The molecule has 7 N–H and O–H groups in total. The first-order valence-electron chi connectivity index (χ1n) is 17.9. The summed E-state index contributed by atoms with van der Waals surface area (Å²) in [6.07, 6.45) is 5.36. The van der Waals surface area contributed by atoms with E-state index in [9.17, 15) is 69.0 Å². The highest BCUT2D eigenvalue weighted by Gasteiger charge is 2.32. The molecule has 26 nitrogen and oxygen atoms in total. The molecule has 3 aromatic heterocycles. The van der Waals surface area contributed by atoms with Crippen molar-refractivity contribution >= 4 is 69.1 Å². The normalized spacial score (nSPS) is 11.6. The van der Waals surface area contributed by atoms with Crippen LogP contribution in [0, 0.1) is 30.3 Å². The predicted octanol–water partition coefficient (Wildman–Crippen LogP) is 2.79. The van der Waals surface area contributed by atoms with Gasteiger partial charge in [-0.05, 0) is 29.8 Å². The molecule has 0 saturated carbocycles. The van der Waals surface area contributed by atoms with Crippen LogP contribution in [-0.2, 0) is 27.5 Å². The number of nitrogens with zero attached hydrogens (tertiary/aromatic N) is 7. The highest BCUT2D eigenvalue weighted by Crippen LogP contribution is 2.39. The number of nitrogens with two attached hydrogens (primary N) is 1. The quantitative estimate of drug-likeness (QED) is 0.0420. The zero-order valence-electron chi connectivity index (χ0n) is 32.3. The van der Waals surface area contributed by atoms with Gasteiger partial charge < -0.3 is 40.7 Å². The van der Waals surface area contributed by atoms with Gasteiger partial charge in [0, 0.05) is 55.6 Å². The van der Waals surface area contributed by atoms with Gasteiger partial charge in [0.1, 0.15) is 24.5 Å². The van der Waals surface area contributed by atoms with Crippen molar-refractivity contribution in [1.29, 1.82) is 0 Å². The van der Waals surface area contributed by atoms with Crippen LogP contribution in [0.25, 0.3) is 22.4 Å². The highest BCUT2D eigenvalue weighted by atomic mass is 16.6. The molecule has 0 aliphatic carbocycles. The number of non-ortho nitro benzene ring substituents is 1. The number of primary amides is 1. The molecule has 1 aliphatic rings. The lowest BCUT2D eigenvalue weighted by molar-refractivity contribution is -0.385. The Balaban J connectivity index is 0.000000252. The summed E-state index contributed by atoms with van der Waals surface area (Å²) in [5.74, 6) is -4.61. The summed E-state index contributed by atoms with van der Waals surface area (Å²) in [6, 6.07) is 13.0. The van der Waals surface area contributed by atoms with Crippen LogP contribution < -0.4 is 32.4 Å². The molecule has 65 heavy (non-hydrogen) atoms. The van der Waals surface area contributed by atoms with E-state index in [4.69, 9.17) is 10.8 Å². The number of carbonyl (C=O) groups is 5. The van der Waals surface area contributed by atoms with E-state index in [0.29, 0.717) is 10.1 Å². The third-order valence-corrected chi connectivity index (χ3v) is 9.31. The van der Waals surface area contributed by atoms with E-state index in [1.54, 1.807) is 0 Å². The molecule has 0 unspecified atom stereocenters. The van der Waals surface area contributed by atoms with Gasteiger partial charge in [-0.15, -0.1) is 0 Å². The molecule has 0 radical (unpaired) electrons. The topological polar surface area (TPSA) is 373 Å². The molecule has 334 valence electrons. The zero-order valence-corrected chi connectivity index (χ0v) is 32.3. The molecule has 6 aromatic rings. The van der Waals surface area contributed by atoms with E-state index in [1.165, 1.54) is 82.5 Å². The minimum absolute atomic E-state index is 0. The van der Waals surface area contributed by atoms with Crippen LogP contribution in [-0.4, -0.2) is 79.9 Å². The number of anilines is 2. The van der Waals surface area contributed by atoms with Gasteiger partial charge in [-0.2, -0.15) is 0 Å². The van der Waals surface area contributed by atoms with Gasteiger partial charge >= 0.3 is 23.1 Å². The van der Waals surface area contributed by atoms with E-state index < -0.39 is 74.3 Å². The second-order valence-corrected chi connectivity index (χ2v) is 13.4. The number of aromatic amines is 1. The largest absolute Gasteiger partial charge is 0.480 e. The monoisotopic (exact) mass is 895 g/mol. The SMILES string of the molecule is C.C=C1Nc2cc([N+](=O)[O-])c(-n3ccc(C(=O)NCc4ccc([N+](=O)[O-])cc4)c3)cc2N(CC(=O)O)C1=O.NC(=O)c1ccn(-c2cc3c(cc2[N+](=O)[O-])[nH]c(=O)c(=O)n3CC(=O)O)c1. The number of benzene rings is 3. The Hall–Kier alpha value is -9.75. The van der Waals surface area contributed by atoms with Crippen LogP contribution in [0.5, 0.6) is 0 Å². The molecular weight excluding hydrogens is 862 g/mol. The molecular formula is C39H33N11O15. The maximum Gasteiger partial charge on any atom is 0.323 e. The number of amides is 3. The fourth-order valence-corrected chi connectivity index (χ4v) is 6.36. The molecule has 0 bridgehead atoms. The van der Waals surface area contributed by atoms with Crippen molar-refractivity contribution in [2.24, 2.45) is 5.73 Å². The Labute approximate surface area is 361 Å². The van der Waals surface area contributed by atoms with Crippen LogP contribution in [0.4, 0.5) is 28.4 Å². The summed E-state index contributed by atoms with van der Waals surface area (Å²) >= 11 is 0. The van der Waals surface area contributed by atoms with Crippen molar-refractivity contribution in [2.45, 2.75) is 20.5 Å². The molecule has 3 amide bonds. The Morgan fingerprint density at radius 2 is 1.32 bits per heavy atom. The second-order valence-electron chi connectivity index (χ2n) is 13.4. The number of H-pyrrole nitrogens is 1. The molecule has 1 aliphatic heterocycles. The number of aliphatic carboxylic acids is 2. The average Bonchev–Trinajstić information content (AvgIpc) is 3.94. The smallest absolute Gasteiger partial charge is 0.323 e. The number of nitrogens with one attached hydrogen (secondary N) is 3. The first-order chi connectivity index (χ1) is 30.2.